The number of benzene rings is 1. The molecule has 0 atom stereocenters. The molecule has 5 nitrogen and oxygen atoms in total. The molecule has 2 heterocycles. The van der Waals surface area contributed by atoms with Crippen molar-refractivity contribution in [2.45, 2.75) is 39.8 Å². The minimum absolute atomic E-state index is 0.00895. The van der Waals surface area contributed by atoms with E-state index in [2.05, 4.69) is 20.6 Å². The molecule has 0 saturated carbocycles. The Morgan fingerprint density at radius 1 is 0.700 bits per heavy atom. The van der Waals surface area contributed by atoms with E-state index in [9.17, 15) is 18.3 Å². The van der Waals surface area contributed by atoms with Gasteiger partial charge in [0.05, 0.1) is 11.1 Å². The number of rotatable bonds is 6. The number of halogens is 3. The first kappa shape index (κ1) is 21.4. The van der Waals surface area contributed by atoms with Crippen LogP contribution in [0.5, 0.6) is 5.75 Å². The van der Waals surface area contributed by atoms with Gasteiger partial charge in [-0.2, -0.15) is 0 Å². The molecule has 2 aromatic heterocycles. The van der Waals surface area contributed by atoms with Gasteiger partial charge in [0, 0.05) is 35.6 Å². The molecule has 0 bridgehead atoms. The SMILES string of the molecule is CC(C)Nc1ccc(-c2c(O)c(F)c(-c3ccc(NC(C)C)nc3)c(F)c2F)cn1. The summed E-state index contributed by atoms with van der Waals surface area (Å²) in [6.45, 7) is 7.68. The molecule has 0 spiro atoms. The molecule has 30 heavy (non-hydrogen) atoms. The number of anilines is 2. The van der Waals surface area contributed by atoms with Crippen LogP contribution in [0.15, 0.2) is 36.7 Å². The molecule has 0 radical (unpaired) electrons. The Hall–Kier alpha value is -3.29. The summed E-state index contributed by atoms with van der Waals surface area (Å²) < 4.78 is 44.6. The zero-order valence-electron chi connectivity index (χ0n) is 17.1. The van der Waals surface area contributed by atoms with Gasteiger partial charge in [-0.3, -0.25) is 0 Å². The van der Waals surface area contributed by atoms with E-state index in [1.807, 2.05) is 27.7 Å². The van der Waals surface area contributed by atoms with Gasteiger partial charge < -0.3 is 15.7 Å². The lowest BCUT2D eigenvalue weighted by Gasteiger charge is -2.15. The van der Waals surface area contributed by atoms with E-state index < -0.39 is 34.3 Å². The van der Waals surface area contributed by atoms with Gasteiger partial charge in [0.1, 0.15) is 11.6 Å². The van der Waals surface area contributed by atoms with Crippen LogP contribution in [-0.2, 0) is 0 Å². The van der Waals surface area contributed by atoms with Crippen LogP contribution in [-0.4, -0.2) is 27.2 Å². The number of nitrogens with one attached hydrogen (secondary N) is 2. The summed E-state index contributed by atoms with van der Waals surface area (Å²) in [5.41, 5.74) is -1.19. The van der Waals surface area contributed by atoms with Gasteiger partial charge in [-0.25, -0.2) is 23.1 Å². The van der Waals surface area contributed by atoms with Crippen molar-refractivity contribution in [1.82, 2.24) is 9.97 Å². The van der Waals surface area contributed by atoms with Crippen LogP contribution >= 0.6 is 0 Å². The van der Waals surface area contributed by atoms with Gasteiger partial charge in [0.25, 0.3) is 0 Å². The quantitative estimate of drug-likeness (QED) is 0.458. The number of hydrogen-bond donors (Lipinski definition) is 3. The van der Waals surface area contributed by atoms with Crippen LogP contribution in [0, 0.1) is 17.5 Å². The Bertz CT molecular complexity index is 922. The predicted molar refractivity (Wildman–Crippen MR) is 112 cm³/mol. The fraction of sp³-hybridized carbons (Fsp3) is 0.273. The van der Waals surface area contributed by atoms with Gasteiger partial charge in [-0.05, 0) is 52.0 Å². The largest absolute Gasteiger partial charge is 0.504 e. The Morgan fingerprint density at radius 3 is 1.53 bits per heavy atom. The summed E-state index contributed by atoms with van der Waals surface area (Å²) in [6.07, 6.45) is 2.47. The predicted octanol–water partition coefficient (Wildman–Crippen LogP) is 5.57. The second-order valence-corrected chi connectivity index (χ2v) is 7.50. The van der Waals surface area contributed by atoms with E-state index in [0.29, 0.717) is 11.6 Å². The molecule has 3 N–H and O–H groups in total. The zero-order valence-corrected chi connectivity index (χ0v) is 17.1. The van der Waals surface area contributed by atoms with Crippen molar-refractivity contribution in [2.75, 3.05) is 10.6 Å². The Kier molecular flexibility index (Phi) is 6.14. The van der Waals surface area contributed by atoms with Crippen LogP contribution < -0.4 is 10.6 Å². The normalized spacial score (nSPS) is 11.2. The van der Waals surface area contributed by atoms with Crippen molar-refractivity contribution >= 4 is 11.6 Å². The summed E-state index contributed by atoms with van der Waals surface area (Å²) in [5, 5.41) is 16.4. The van der Waals surface area contributed by atoms with E-state index in [0.717, 1.165) is 0 Å². The second kappa shape index (κ2) is 8.61. The highest BCUT2D eigenvalue weighted by Crippen LogP contribution is 2.41. The van der Waals surface area contributed by atoms with E-state index in [4.69, 9.17) is 0 Å². The molecule has 0 saturated heterocycles. The number of nitrogens with zero attached hydrogens (tertiary/aromatic N) is 2. The number of pyridine rings is 2. The third-order valence-electron chi connectivity index (χ3n) is 4.27. The van der Waals surface area contributed by atoms with Crippen LogP contribution in [0.4, 0.5) is 24.8 Å². The molecule has 3 rings (SSSR count). The summed E-state index contributed by atoms with van der Waals surface area (Å²) in [7, 11) is 0. The maximum atomic E-state index is 14.9. The number of phenolic OH excluding ortho intramolecular Hbond substituents is 1. The maximum absolute atomic E-state index is 14.9. The van der Waals surface area contributed by atoms with E-state index in [-0.39, 0.29) is 23.2 Å². The standard InChI is InChI=1S/C22H23F3N4O/c1-11(2)28-15-7-5-13(9-26-15)17-19(23)20(24)18(22(30)21(17)25)14-6-8-16(27-10-14)29-12(3)4/h5-12,30H,1-4H3,(H,26,28)(H,27,29). The average molecular weight is 416 g/mol. The molecule has 0 aliphatic heterocycles. The fourth-order valence-corrected chi connectivity index (χ4v) is 3.01. The molecule has 3 aromatic rings. The smallest absolute Gasteiger partial charge is 0.176 e. The molecule has 0 aliphatic rings. The number of hydrogen-bond acceptors (Lipinski definition) is 5. The van der Waals surface area contributed by atoms with Crippen molar-refractivity contribution in [2.24, 2.45) is 0 Å². The highest BCUT2D eigenvalue weighted by Gasteiger charge is 2.27. The van der Waals surface area contributed by atoms with E-state index in [1.165, 1.54) is 30.6 Å². The summed E-state index contributed by atoms with van der Waals surface area (Å²) in [6, 6.07) is 6.16. The second-order valence-electron chi connectivity index (χ2n) is 7.50. The van der Waals surface area contributed by atoms with Crippen molar-refractivity contribution in [3.05, 3.63) is 54.1 Å². The van der Waals surface area contributed by atoms with Gasteiger partial charge in [0.2, 0.25) is 0 Å². The molecular weight excluding hydrogens is 393 g/mol. The number of aromatic nitrogens is 2. The Morgan fingerprint density at radius 2 is 1.13 bits per heavy atom. The summed E-state index contributed by atoms with van der Waals surface area (Å²) >= 11 is 0. The molecule has 0 fully saturated rings. The zero-order chi connectivity index (χ0) is 22.0. The van der Waals surface area contributed by atoms with Crippen molar-refractivity contribution < 1.29 is 18.3 Å². The summed E-state index contributed by atoms with van der Waals surface area (Å²) in [4.78, 5) is 8.19. The minimum Gasteiger partial charge on any atom is -0.504 e. The van der Waals surface area contributed by atoms with Crippen LogP contribution in [0.3, 0.4) is 0 Å². The topological polar surface area (TPSA) is 70.1 Å². The molecule has 0 amide bonds. The summed E-state index contributed by atoms with van der Waals surface area (Å²) in [5.74, 6) is -3.99. The molecule has 1 aromatic carbocycles. The van der Waals surface area contributed by atoms with Gasteiger partial charge in [0.15, 0.2) is 23.2 Å². The lowest BCUT2D eigenvalue weighted by molar-refractivity contribution is 0.419. The third kappa shape index (κ3) is 4.32. The molecule has 0 aliphatic carbocycles. The molecular formula is C22H23F3N4O. The van der Waals surface area contributed by atoms with Crippen LogP contribution in [0.2, 0.25) is 0 Å². The first-order chi connectivity index (χ1) is 14.2. The first-order valence-electron chi connectivity index (χ1n) is 9.54. The van der Waals surface area contributed by atoms with Crippen molar-refractivity contribution in [3.63, 3.8) is 0 Å². The van der Waals surface area contributed by atoms with Gasteiger partial charge >= 0.3 is 0 Å². The minimum atomic E-state index is -1.41. The van der Waals surface area contributed by atoms with E-state index >= 15 is 0 Å². The Balaban J connectivity index is 2.04. The van der Waals surface area contributed by atoms with Crippen LogP contribution in [0.1, 0.15) is 27.7 Å². The van der Waals surface area contributed by atoms with E-state index in [1.54, 1.807) is 6.07 Å². The number of aromatic hydroxyl groups is 1. The molecule has 8 heteroatoms. The van der Waals surface area contributed by atoms with Gasteiger partial charge in [-0.15, -0.1) is 0 Å². The maximum Gasteiger partial charge on any atom is 0.176 e. The van der Waals surface area contributed by atoms with Crippen LogP contribution in [0.25, 0.3) is 22.3 Å². The molecule has 0 unspecified atom stereocenters. The number of phenols is 1. The highest BCUT2D eigenvalue weighted by atomic mass is 19.2. The first-order valence-corrected chi connectivity index (χ1v) is 9.54. The lowest BCUT2D eigenvalue weighted by atomic mass is 9.98. The Labute approximate surface area is 173 Å². The fourth-order valence-electron chi connectivity index (χ4n) is 3.01. The molecule has 158 valence electrons. The monoisotopic (exact) mass is 416 g/mol. The van der Waals surface area contributed by atoms with Crippen molar-refractivity contribution in [1.29, 1.82) is 0 Å². The van der Waals surface area contributed by atoms with Crippen molar-refractivity contribution in [3.8, 4) is 28.0 Å². The highest BCUT2D eigenvalue weighted by molar-refractivity contribution is 5.78. The van der Waals surface area contributed by atoms with Gasteiger partial charge in [-0.1, -0.05) is 0 Å². The lowest BCUT2D eigenvalue weighted by Crippen LogP contribution is -2.11. The average Bonchev–Trinajstić information content (AvgIpc) is 2.68. The third-order valence-corrected chi connectivity index (χ3v) is 4.27.